The Morgan fingerprint density at radius 2 is 1.95 bits per heavy atom. The quantitative estimate of drug-likeness (QED) is 0.776. The maximum Gasteiger partial charge on any atom is 0.309 e. The van der Waals surface area contributed by atoms with Crippen LogP contribution in [0.2, 0.25) is 0 Å². The van der Waals surface area contributed by atoms with E-state index >= 15 is 0 Å². The van der Waals surface area contributed by atoms with Crippen molar-refractivity contribution < 1.29 is 13.9 Å². The third-order valence-electron chi connectivity index (χ3n) is 2.79. The van der Waals surface area contributed by atoms with Crippen LogP contribution in [0.3, 0.4) is 0 Å². The van der Waals surface area contributed by atoms with E-state index in [4.69, 9.17) is 4.74 Å². The first-order chi connectivity index (χ1) is 9.22. The zero-order chi connectivity index (χ0) is 13.7. The summed E-state index contributed by atoms with van der Waals surface area (Å²) in [6.07, 6.45) is 3.77. The van der Waals surface area contributed by atoms with E-state index in [1.165, 1.54) is 6.07 Å². The molecule has 0 amide bonds. The van der Waals surface area contributed by atoms with Gasteiger partial charge in [-0.15, -0.1) is 0 Å². The summed E-state index contributed by atoms with van der Waals surface area (Å²) in [6, 6.07) is 10.4. The molecule has 0 saturated heterocycles. The Kier molecular flexibility index (Phi) is 4.29. The molecule has 0 bridgehead atoms. The summed E-state index contributed by atoms with van der Waals surface area (Å²) in [4.78, 5) is 11.2. The Hall–Kier alpha value is -2.16. The van der Waals surface area contributed by atoms with Crippen LogP contribution in [0.4, 0.5) is 4.39 Å². The number of esters is 1. The Morgan fingerprint density at radius 3 is 2.68 bits per heavy atom. The van der Waals surface area contributed by atoms with Crippen LogP contribution in [0.5, 0.6) is 0 Å². The zero-order valence-corrected chi connectivity index (χ0v) is 10.7. The molecule has 0 saturated carbocycles. The Morgan fingerprint density at radius 1 is 1.21 bits per heavy atom. The number of rotatable bonds is 4. The first-order valence-corrected chi connectivity index (χ1v) is 6.21. The van der Waals surface area contributed by atoms with E-state index in [1.54, 1.807) is 31.2 Å². The highest BCUT2D eigenvalue weighted by Gasteiger charge is 2.03. The molecule has 0 heterocycles. The average Bonchev–Trinajstić information content (AvgIpc) is 2.42. The number of carbonyl (C=O) groups excluding carboxylic acids is 1. The van der Waals surface area contributed by atoms with Gasteiger partial charge >= 0.3 is 5.97 Å². The van der Waals surface area contributed by atoms with Gasteiger partial charge in [0.05, 0.1) is 13.0 Å². The van der Waals surface area contributed by atoms with Crippen molar-refractivity contribution in [1.29, 1.82) is 0 Å². The molecular weight excluding hydrogens is 243 g/mol. The summed E-state index contributed by atoms with van der Waals surface area (Å²) in [7, 11) is 0. The highest BCUT2D eigenvalue weighted by atomic mass is 19.1. The fraction of sp³-hybridized carbons (Fsp3) is 0.188. The molecule has 19 heavy (non-hydrogen) atoms. The van der Waals surface area contributed by atoms with E-state index in [2.05, 4.69) is 0 Å². The molecular formula is C16H15FO2. The summed E-state index contributed by atoms with van der Waals surface area (Å²) >= 11 is 0. The molecule has 0 aliphatic rings. The monoisotopic (exact) mass is 258 g/mol. The molecule has 2 aromatic rings. The minimum atomic E-state index is -0.259. The summed E-state index contributed by atoms with van der Waals surface area (Å²) < 4.78 is 18.5. The van der Waals surface area contributed by atoms with Gasteiger partial charge < -0.3 is 4.74 Å². The van der Waals surface area contributed by atoms with Crippen LogP contribution in [0.25, 0.3) is 16.8 Å². The van der Waals surface area contributed by atoms with Crippen molar-refractivity contribution in [3.8, 4) is 0 Å². The van der Waals surface area contributed by atoms with Gasteiger partial charge in [0.25, 0.3) is 0 Å². The second kappa shape index (κ2) is 6.14. The lowest BCUT2D eigenvalue weighted by molar-refractivity contribution is -0.142. The van der Waals surface area contributed by atoms with E-state index in [1.807, 2.05) is 18.2 Å². The second-order valence-electron chi connectivity index (χ2n) is 4.09. The van der Waals surface area contributed by atoms with Crippen molar-refractivity contribution in [2.45, 2.75) is 13.3 Å². The number of hydrogen-bond acceptors (Lipinski definition) is 2. The molecule has 0 fully saturated rings. The number of fused-ring (bicyclic) bond motifs is 1. The second-order valence-corrected chi connectivity index (χ2v) is 4.09. The molecule has 0 aliphatic heterocycles. The van der Waals surface area contributed by atoms with Crippen LogP contribution in [0.15, 0.2) is 42.5 Å². The average molecular weight is 258 g/mol. The van der Waals surface area contributed by atoms with Crippen molar-refractivity contribution in [3.63, 3.8) is 0 Å². The maximum absolute atomic E-state index is 13.6. The maximum atomic E-state index is 13.6. The standard InChI is InChI=1S/C16H15FO2/c1-2-19-16(18)9-5-6-12-10-11-15(17)14-8-4-3-7-13(12)14/h3-8,10-11H,2,9H2,1H3. The van der Waals surface area contributed by atoms with E-state index in [0.29, 0.717) is 12.0 Å². The lowest BCUT2D eigenvalue weighted by Gasteiger charge is -2.03. The van der Waals surface area contributed by atoms with Crippen molar-refractivity contribution in [2.75, 3.05) is 6.61 Å². The lowest BCUT2D eigenvalue weighted by Crippen LogP contribution is -2.01. The largest absolute Gasteiger partial charge is 0.466 e. The number of carbonyl (C=O) groups is 1. The molecule has 0 atom stereocenters. The van der Waals surface area contributed by atoms with Gasteiger partial charge in [-0.3, -0.25) is 4.79 Å². The van der Waals surface area contributed by atoms with Gasteiger partial charge in [-0.05, 0) is 23.9 Å². The van der Waals surface area contributed by atoms with Gasteiger partial charge in [0.2, 0.25) is 0 Å². The van der Waals surface area contributed by atoms with Crippen LogP contribution < -0.4 is 0 Å². The lowest BCUT2D eigenvalue weighted by atomic mass is 10.0. The highest BCUT2D eigenvalue weighted by Crippen LogP contribution is 2.22. The first kappa shape index (κ1) is 13.3. The predicted octanol–water partition coefficient (Wildman–Crippen LogP) is 3.95. The fourth-order valence-corrected chi connectivity index (χ4v) is 1.93. The SMILES string of the molecule is CCOC(=O)CC=Cc1ccc(F)c2ccccc12. The van der Waals surface area contributed by atoms with Crippen LogP contribution in [0, 0.1) is 5.82 Å². The van der Waals surface area contributed by atoms with Gasteiger partial charge in [-0.25, -0.2) is 4.39 Å². The van der Waals surface area contributed by atoms with Gasteiger partial charge in [0, 0.05) is 5.39 Å². The number of ether oxygens (including phenoxy) is 1. The van der Waals surface area contributed by atoms with E-state index in [0.717, 1.165) is 10.9 Å². The van der Waals surface area contributed by atoms with Crippen molar-refractivity contribution in [3.05, 3.63) is 53.9 Å². The molecule has 0 aromatic heterocycles. The Balaban J connectivity index is 2.24. The van der Waals surface area contributed by atoms with Crippen molar-refractivity contribution >= 4 is 22.8 Å². The fourth-order valence-electron chi connectivity index (χ4n) is 1.93. The van der Waals surface area contributed by atoms with Gasteiger partial charge in [-0.1, -0.05) is 42.5 Å². The third-order valence-corrected chi connectivity index (χ3v) is 2.79. The molecule has 0 aliphatic carbocycles. The van der Waals surface area contributed by atoms with Crippen LogP contribution in [0.1, 0.15) is 18.9 Å². The summed E-state index contributed by atoms with van der Waals surface area (Å²) in [6.45, 7) is 2.15. The normalized spacial score (nSPS) is 11.1. The first-order valence-electron chi connectivity index (χ1n) is 6.21. The smallest absolute Gasteiger partial charge is 0.309 e. The minimum Gasteiger partial charge on any atom is -0.466 e. The van der Waals surface area contributed by atoms with Gasteiger partial charge in [0.1, 0.15) is 5.82 Å². The molecule has 3 heteroatoms. The highest BCUT2D eigenvalue weighted by molar-refractivity contribution is 5.91. The van der Waals surface area contributed by atoms with Gasteiger partial charge in [0.15, 0.2) is 0 Å². The van der Waals surface area contributed by atoms with Crippen LogP contribution in [-0.4, -0.2) is 12.6 Å². The predicted molar refractivity (Wildman–Crippen MR) is 74.2 cm³/mol. The topological polar surface area (TPSA) is 26.3 Å². The third kappa shape index (κ3) is 3.19. The summed E-state index contributed by atoms with van der Waals surface area (Å²) in [5.41, 5.74) is 0.890. The van der Waals surface area contributed by atoms with Crippen molar-refractivity contribution in [2.24, 2.45) is 0 Å². The number of halogens is 1. The summed E-state index contributed by atoms with van der Waals surface area (Å²) in [5, 5.41) is 1.42. The molecule has 0 N–H and O–H groups in total. The molecule has 0 radical (unpaired) electrons. The zero-order valence-electron chi connectivity index (χ0n) is 10.7. The summed E-state index contributed by atoms with van der Waals surface area (Å²) in [5.74, 6) is -0.497. The van der Waals surface area contributed by atoms with Crippen molar-refractivity contribution in [1.82, 2.24) is 0 Å². The Bertz CT molecular complexity index is 617. The molecule has 2 rings (SSSR count). The van der Waals surface area contributed by atoms with Crippen LogP contribution in [-0.2, 0) is 9.53 Å². The Labute approximate surface area is 111 Å². The molecule has 98 valence electrons. The number of hydrogen-bond donors (Lipinski definition) is 0. The van der Waals surface area contributed by atoms with Gasteiger partial charge in [-0.2, -0.15) is 0 Å². The molecule has 0 unspecified atom stereocenters. The van der Waals surface area contributed by atoms with Crippen LogP contribution >= 0.6 is 0 Å². The molecule has 2 aromatic carbocycles. The minimum absolute atomic E-state index is 0.222. The molecule has 2 nitrogen and oxygen atoms in total. The van der Waals surface area contributed by atoms with E-state index < -0.39 is 0 Å². The van der Waals surface area contributed by atoms with E-state index in [9.17, 15) is 9.18 Å². The molecule has 0 spiro atoms. The number of benzene rings is 2. The van der Waals surface area contributed by atoms with E-state index in [-0.39, 0.29) is 18.2 Å².